The van der Waals surface area contributed by atoms with Gasteiger partial charge in [-0.05, 0) is 25.0 Å². The van der Waals surface area contributed by atoms with Gasteiger partial charge in [-0.25, -0.2) is 9.48 Å². The number of carboxylic acid groups (broad SMARTS) is 1. The zero-order valence-electron chi connectivity index (χ0n) is 11.5. The smallest absolute Gasteiger partial charge is 0.358 e. The van der Waals surface area contributed by atoms with Crippen LogP contribution < -0.4 is 4.74 Å². The standard InChI is InChI=1S/C14H17N3O3/c1-3-4-8-12-13(14(18)19)15-16-17(12)10-6-5-7-11(9-10)20-2/h5-7,9H,3-4,8H2,1-2H3,(H,18,19). The Labute approximate surface area is 117 Å². The molecule has 1 heterocycles. The molecule has 1 aromatic carbocycles. The Morgan fingerprint density at radius 2 is 2.25 bits per heavy atom. The molecule has 1 aromatic heterocycles. The van der Waals surface area contributed by atoms with Crippen molar-refractivity contribution in [2.24, 2.45) is 0 Å². The van der Waals surface area contributed by atoms with Crippen LogP contribution in [0.3, 0.4) is 0 Å². The number of benzene rings is 1. The minimum atomic E-state index is -1.05. The van der Waals surface area contributed by atoms with E-state index in [0.29, 0.717) is 17.9 Å². The molecule has 20 heavy (non-hydrogen) atoms. The fraction of sp³-hybridized carbons (Fsp3) is 0.357. The monoisotopic (exact) mass is 275 g/mol. The summed E-state index contributed by atoms with van der Waals surface area (Å²) >= 11 is 0. The number of hydrogen-bond acceptors (Lipinski definition) is 4. The number of hydrogen-bond donors (Lipinski definition) is 1. The van der Waals surface area contributed by atoms with Crippen molar-refractivity contribution >= 4 is 5.97 Å². The van der Waals surface area contributed by atoms with E-state index in [4.69, 9.17) is 4.74 Å². The molecule has 0 radical (unpaired) electrons. The first-order valence-corrected chi connectivity index (χ1v) is 6.49. The van der Waals surface area contributed by atoms with Crippen LogP contribution in [-0.2, 0) is 6.42 Å². The van der Waals surface area contributed by atoms with E-state index in [-0.39, 0.29) is 5.69 Å². The van der Waals surface area contributed by atoms with Crippen molar-refractivity contribution in [1.29, 1.82) is 0 Å². The summed E-state index contributed by atoms with van der Waals surface area (Å²) in [7, 11) is 1.58. The van der Waals surface area contributed by atoms with E-state index in [0.717, 1.165) is 18.5 Å². The van der Waals surface area contributed by atoms with E-state index in [1.807, 2.05) is 18.2 Å². The first-order valence-electron chi connectivity index (χ1n) is 6.49. The number of ether oxygens (including phenoxy) is 1. The lowest BCUT2D eigenvalue weighted by atomic mass is 10.1. The highest BCUT2D eigenvalue weighted by Crippen LogP contribution is 2.19. The van der Waals surface area contributed by atoms with Gasteiger partial charge in [0, 0.05) is 6.07 Å². The van der Waals surface area contributed by atoms with Crippen molar-refractivity contribution in [3.8, 4) is 11.4 Å². The highest BCUT2D eigenvalue weighted by Gasteiger charge is 2.19. The molecule has 0 unspecified atom stereocenters. The van der Waals surface area contributed by atoms with Gasteiger partial charge in [0.25, 0.3) is 0 Å². The molecule has 0 aliphatic heterocycles. The molecule has 0 amide bonds. The Morgan fingerprint density at radius 3 is 2.90 bits per heavy atom. The quantitative estimate of drug-likeness (QED) is 0.875. The second-order valence-electron chi connectivity index (χ2n) is 4.41. The second kappa shape index (κ2) is 6.18. The Hall–Kier alpha value is -2.37. The van der Waals surface area contributed by atoms with Crippen LogP contribution in [0.4, 0.5) is 0 Å². The topological polar surface area (TPSA) is 77.2 Å². The first-order chi connectivity index (χ1) is 9.67. The SMILES string of the molecule is CCCCc1c(C(=O)O)nnn1-c1cccc(OC)c1. The Bertz CT molecular complexity index is 607. The molecule has 2 rings (SSSR count). The summed E-state index contributed by atoms with van der Waals surface area (Å²) in [5.74, 6) is -0.360. The Balaban J connectivity index is 2.46. The number of methoxy groups -OCH3 is 1. The molecule has 2 aromatic rings. The van der Waals surface area contributed by atoms with Crippen LogP contribution in [0.5, 0.6) is 5.75 Å². The van der Waals surface area contributed by atoms with Gasteiger partial charge < -0.3 is 9.84 Å². The van der Waals surface area contributed by atoms with Crippen molar-refractivity contribution < 1.29 is 14.6 Å². The van der Waals surface area contributed by atoms with Crippen LogP contribution in [-0.4, -0.2) is 33.2 Å². The maximum absolute atomic E-state index is 11.2. The molecular formula is C14H17N3O3. The third kappa shape index (κ3) is 2.79. The van der Waals surface area contributed by atoms with E-state index in [1.54, 1.807) is 17.9 Å². The van der Waals surface area contributed by atoms with Crippen molar-refractivity contribution in [3.05, 3.63) is 35.7 Å². The fourth-order valence-corrected chi connectivity index (χ4v) is 1.99. The van der Waals surface area contributed by atoms with Gasteiger partial charge in [-0.3, -0.25) is 0 Å². The number of aromatic nitrogens is 3. The lowest BCUT2D eigenvalue weighted by Gasteiger charge is -2.08. The van der Waals surface area contributed by atoms with Gasteiger partial charge in [0.15, 0.2) is 5.69 Å². The van der Waals surface area contributed by atoms with Gasteiger partial charge in [0.1, 0.15) is 5.75 Å². The second-order valence-corrected chi connectivity index (χ2v) is 4.41. The van der Waals surface area contributed by atoms with E-state index in [9.17, 15) is 9.90 Å². The van der Waals surface area contributed by atoms with Gasteiger partial charge in [-0.2, -0.15) is 0 Å². The van der Waals surface area contributed by atoms with E-state index in [2.05, 4.69) is 17.2 Å². The molecule has 0 aliphatic carbocycles. The summed E-state index contributed by atoms with van der Waals surface area (Å²) in [4.78, 5) is 11.2. The van der Waals surface area contributed by atoms with Gasteiger partial charge in [-0.1, -0.05) is 24.6 Å². The van der Waals surface area contributed by atoms with Crippen LogP contribution in [0.15, 0.2) is 24.3 Å². The summed E-state index contributed by atoms with van der Waals surface area (Å²) in [5, 5.41) is 16.9. The summed E-state index contributed by atoms with van der Waals surface area (Å²) in [6.07, 6.45) is 2.49. The number of rotatable bonds is 6. The molecule has 0 saturated carbocycles. The average molecular weight is 275 g/mol. The fourth-order valence-electron chi connectivity index (χ4n) is 1.99. The van der Waals surface area contributed by atoms with Crippen LogP contribution in [0.1, 0.15) is 35.9 Å². The predicted molar refractivity (Wildman–Crippen MR) is 73.5 cm³/mol. The highest BCUT2D eigenvalue weighted by molar-refractivity contribution is 5.86. The normalized spacial score (nSPS) is 10.5. The van der Waals surface area contributed by atoms with Crippen LogP contribution in [0.2, 0.25) is 0 Å². The lowest BCUT2D eigenvalue weighted by Crippen LogP contribution is -2.07. The molecule has 0 spiro atoms. The molecule has 6 nitrogen and oxygen atoms in total. The molecule has 0 atom stereocenters. The van der Waals surface area contributed by atoms with Gasteiger partial charge in [-0.15, -0.1) is 5.10 Å². The largest absolute Gasteiger partial charge is 0.497 e. The van der Waals surface area contributed by atoms with Crippen LogP contribution in [0, 0.1) is 0 Å². The molecule has 1 N–H and O–H groups in total. The van der Waals surface area contributed by atoms with Gasteiger partial charge in [0.2, 0.25) is 0 Å². The molecule has 106 valence electrons. The predicted octanol–water partition coefficient (Wildman–Crippen LogP) is 2.32. The van der Waals surface area contributed by atoms with Crippen LogP contribution in [0.25, 0.3) is 5.69 Å². The molecule has 6 heteroatoms. The average Bonchev–Trinajstić information content (AvgIpc) is 2.89. The van der Waals surface area contributed by atoms with E-state index < -0.39 is 5.97 Å². The van der Waals surface area contributed by atoms with Crippen molar-refractivity contribution in [2.75, 3.05) is 7.11 Å². The van der Waals surface area contributed by atoms with Gasteiger partial charge in [0.05, 0.1) is 18.5 Å². The minimum absolute atomic E-state index is 0.0151. The first kappa shape index (κ1) is 14.0. The highest BCUT2D eigenvalue weighted by atomic mass is 16.5. The lowest BCUT2D eigenvalue weighted by molar-refractivity contribution is 0.0689. The van der Waals surface area contributed by atoms with Crippen LogP contribution >= 0.6 is 0 Å². The summed E-state index contributed by atoms with van der Waals surface area (Å²) < 4.78 is 6.74. The number of carboxylic acids is 1. The number of carbonyl (C=O) groups is 1. The molecule has 0 saturated heterocycles. The Morgan fingerprint density at radius 1 is 1.45 bits per heavy atom. The third-order valence-electron chi connectivity index (χ3n) is 3.03. The summed E-state index contributed by atoms with van der Waals surface area (Å²) in [6, 6.07) is 7.30. The zero-order valence-corrected chi connectivity index (χ0v) is 11.5. The maximum Gasteiger partial charge on any atom is 0.358 e. The maximum atomic E-state index is 11.2. The van der Waals surface area contributed by atoms with E-state index in [1.165, 1.54) is 0 Å². The summed E-state index contributed by atoms with van der Waals surface area (Å²) in [5.41, 5.74) is 1.38. The number of nitrogens with zero attached hydrogens (tertiary/aromatic N) is 3. The van der Waals surface area contributed by atoms with Gasteiger partial charge >= 0.3 is 5.97 Å². The number of aromatic carboxylic acids is 1. The molecule has 0 aliphatic rings. The van der Waals surface area contributed by atoms with E-state index >= 15 is 0 Å². The molecular weight excluding hydrogens is 258 g/mol. The molecule has 0 fully saturated rings. The zero-order chi connectivity index (χ0) is 14.5. The van der Waals surface area contributed by atoms with Crippen molar-refractivity contribution in [2.45, 2.75) is 26.2 Å². The van der Waals surface area contributed by atoms with Crippen molar-refractivity contribution in [1.82, 2.24) is 15.0 Å². The Kier molecular flexibility index (Phi) is 4.34. The minimum Gasteiger partial charge on any atom is -0.497 e. The summed E-state index contributed by atoms with van der Waals surface area (Å²) in [6.45, 7) is 2.06. The third-order valence-corrected chi connectivity index (χ3v) is 3.03. The number of unbranched alkanes of at least 4 members (excludes halogenated alkanes) is 1. The van der Waals surface area contributed by atoms with Crippen molar-refractivity contribution in [3.63, 3.8) is 0 Å². The molecule has 0 bridgehead atoms.